The molecule has 0 atom stereocenters. The first-order valence-corrected chi connectivity index (χ1v) is 7.23. The van der Waals surface area contributed by atoms with Crippen LogP contribution in [0.3, 0.4) is 0 Å². The lowest BCUT2D eigenvalue weighted by Gasteiger charge is -2.06. The monoisotopic (exact) mass is 244 g/mol. The summed E-state index contributed by atoms with van der Waals surface area (Å²) in [5.74, 6) is 0. The van der Waals surface area contributed by atoms with Crippen molar-refractivity contribution < 1.29 is 0 Å². The highest BCUT2D eigenvalue weighted by molar-refractivity contribution is 4.53. The molecule has 4 nitrogen and oxygen atoms in total. The molecule has 0 aliphatic heterocycles. The van der Waals surface area contributed by atoms with Crippen LogP contribution in [0.4, 0.5) is 0 Å². The molecule has 0 unspecified atom stereocenters. The molecule has 0 heterocycles. The Bertz CT molecular complexity index is 117. The van der Waals surface area contributed by atoms with Gasteiger partial charge in [0.25, 0.3) is 0 Å². The van der Waals surface area contributed by atoms with Crippen molar-refractivity contribution in [1.29, 1.82) is 0 Å². The summed E-state index contributed by atoms with van der Waals surface area (Å²) in [6.07, 6.45) is 8.55. The molecule has 104 valence electrons. The van der Waals surface area contributed by atoms with Gasteiger partial charge in [-0.25, -0.2) is 0 Å². The van der Waals surface area contributed by atoms with Gasteiger partial charge in [-0.05, 0) is 71.4 Å². The molecule has 0 bridgehead atoms. The lowest BCUT2D eigenvalue weighted by atomic mass is 10.2. The summed E-state index contributed by atoms with van der Waals surface area (Å²) in [4.78, 5) is 0. The smallest absolute Gasteiger partial charge is 0.00368 e. The van der Waals surface area contributed by atoms with E-state index in [9.17, 15) is 0 Å². The Kier molecular flexibility index (Phi) is 15.7. The third-order valence-corrected chi connectivity index (χ3v) is 2.82. The van der Waals surface area contributed by atoms with Crippen molar-refractivity contribution in [2.45, 2.75) is 44.9 Å². The largest absolute Gasteiger partial charge is 0.330 e. The molecule has 0 radical (unpaired) electrons. The molecule has 0 aromatic carbocycles. The molecule has 0 fully saturated rings. The quantitative estimate of drug-likeness (QED) is 0.341. The summed E-state index contributed by atoms with van der Waals surface area (Å²) in [5, 5.41) is 6.92. The predicted molar refractivity (Wildman–Crippen MR) is 76.2 cm³/mol. The van der Waals surface area contributed by atoms with E-state index in [0.717, 1.165) is 52.1 Å². The van der Waals surface area contributed by atoms with Crippen molar-refractivity contribution in [2.75, 3.05) is 39.3 Å². The summed E-state index contributed by atoms with van der Waals surface area (Å²) >= 11 is 0. The van der Waals surface area contributed by atoms with Gasteiger partial charge < -0.3 is 22.1 Å². The van der Waals surface area contributed by atoms with Gasteiger partial charge in [-0.15, -0.1) is 0 Å². The molecule has 6 N–H and O–H groups in total. The highest BCUT2D eigenvalue weighted by atomic mass is 14.9. The van der Waals surface area contributed by atoms with Gasteiger partial charge in [0.1, 0.15) is 0 Å². The SMILES string of the molecule is NCCCCCNCCCNCCCCCN. The maximum atomic E-state index is 5.43. The maximum Gasteiger partial charge on any atom is -0.00368 e. The van der Waals surface area contributed by atoms with Crippen LogP contribution in [0.1, 0.15) is 44.9 Å². The van der Waals surface area contributed by atoms with Crippen molar-refractivity contribution >= 4 is 0 Å². The van der Waals surface area contributed by atoms with Crippen LogP contribution in [0, 0.1) is 0 Å². The Hall–Kier alpha value is -0.160. The normalized spacial score (nSPS) is 10.9. The van der Waals surface area contributed by atoms with Crippen LogP contribution in [0.2, 0.25) is 0 Å². The molecular formula is C13H32N4. The summed E-state index contributed by atoms with van der Waals surface area (Å²) < 4.78 is 0. The standard InChI is InChI=1S/C13H32N4/c14-8-3-1-5-10-16-12-7-13-17-11-6-2-4-9-15/h16-17H,1-15H2. The Morgan fingerprint density at radius 3 is 1.29 bits per heavy atom. The van der Waals surface area contributed by atoms with Crippen LogP contribution in [0.15, 0.2) is 0 Å². The molecule has 4 heteroatoms. The Morgan fingerprint density at radius 2 is 0.882 bits per heavy atom. The zero-order valence-electron chi connectivity index (χ0n) is 11.3. The third-order valence-electron chi connectivity index (χ3n) is 2.82. The minimum atomic E-state index is 0.827. The Balaban J connectivity index is 2.85. The lowest BCUT2D eigenvalue weighted by Crippen LogP contribution is -2.23. The number of hydrogen-bond donors (Lipinski definition) is 4. The van der Waals surface area contributed by atoms with Gasteiger partial charge in [-0.3, -0.25) is 0 Å². The van der Waals surface area contributed by atoms with Crippen LogP contribution in [-0.2, 0) is 0 Å². The average molecular weight is 244 g/mol. The zero-order valence-corrected chi connectivity index (χ0v) is 11.3. The molecule has 0 amide bonds. The van der Waals surface area contributed by atoms with E-state index in [4.69, 9.17) is 11.5 Å². The fourth-order valence-corrected chi connectivity index (χ4v) is 1.73. The molecule has 0 saturated heterocycles. The second-order valence-electron chi connectivity index (χ2n) is 4.55. The molecule has 0 aliphatic carbocycles. The second kappa shape index (κ2) is 15.8. The van der Waals surface area contributed by atoms with E-state index in [1.807, 2.05) is 0 Å². The van der Waals surface area contributed by atoms with Crippen LogP contribution >= 0.6 is 0 Å². The van der Waals surface area contributed by atoms with Gasteiger partial charge in [0.05, 0.1) is 0 Å². The van der Waals surface area contributed by atoms with Crippen molar-refractivity contribution in [3.8, 4) is 0 Å². The van der Waals surface area contributed by atoms with Gasteiger partial charge >= 0.3 is 0 Å². The van der Waals surface area contributed by atoms with Crippen molar-refractivity contribution in [3.63, 3.8) is 0 Å². The molecule has 0 aromatic heterocycles. The maximum absolute atomic E-state index is 5.43. The Morgan fingerprint density at radius 1 is 0.471 bits per heavy atom. The van der Waals surface area contributed by atoms with Gasteiger partial charge in [-0.1, -0.05) is 12.8 Å². The third kappa shape index (κ3) is 15.8. The van der Waals surface area contributed by atoms with E-state index in [-0.39, 0.29) is 0 Å². The van der Waals surface area contributed by atoms with Crippen molar-refractivity contribution in [2.24, 2.45) is 11.5 Å². The average Bonchev–Trinajstić information content (AvgIpc) is 2.35. The molecule has 0 saturated carbocycles. The van der Waals surface area contributed by atoms with Crippen LogP contribution in [-0.4, -0.2) is 39.3 Å². The summed E-state index contributed by atoms with van der Waals surface area (Å²) in [6.45, 7) is 6.17. The summed E-state index contributed by atoms with van der Waals surface area (Å²) in [7, 11) is 0. The predicted octanol–water partition coefficient (Wildman–Crippen LogP) is 0.814. The molecule has 0 spiro atoms. The second-order valence-corrected chi connectivity index (χ2v) is 4.55. The fraction of sp³-hybridized carbons (Fsp3) is 1.00. The topological polar surface area (TPSA) is 76.1 Å². The number of hydrogen-bond acceptors (Lipinski definition) is 4. The van der Waals surface area contributed by atoms with E-state index < -0.39 is 0 Å². The van der Waals surface area contributed by atoms with Gasteiger partial charge in [0, 0.05) is 0 Å². The zero-order chi connectivity index (χ0) is 12.6. The van der Waals surface area contributed by atoms with E-state index in [1.54, 1.807) is 0 Å². The van der Waals surface area contributed by atoms with Crippen LogP contribution in [0.5, 0.6) is 0 Å². The van der Waals surface area contributed by atoms with Gasteiger partial charge in [0.15, 0.2) is 0 Å². The highest BCUT2D eigenvalue weighted by Gasteiger charge is 1.91. The number of nitrogens with one attached hydrogen (secondary N) is 2. The molecule has 0 aliphatic rings. The number of unbranched alkanes of at least 4 members (excludes halogenated alkanes) is 4. The molecular weight excluding hydrogens is 212 g/mol. The van der Waals surface area contributed by atoms with E-state index >= 15 is 0 Å². The first-order chi connectivity index (χ1) is 8.41. The number of rotatable bonds is 14. The molecule has 0 rings (SSSR count). The summed E-state index contributed by atoms with van der Waals surface area (Å²) in [6, 6.07) is 0. The Labute approximate surface area is 107 Å². The number of nitrogens with two attached hydrogens (primary N) is 2. The molecule has 0 aromatic rings. The highest BCUT2D eigenvalue weighted by Crippen LogP contribution is 1.92. The fourth-order valence-electron chi connectivity index (χ4n) is 1.73. The van der Waals surface area contributed by atoms with E-state index in [1.165, 1.54) is 32.1 Å². The van der Waals surface area contributed by atoms with E-state index in [2.05, 4.69) is 10.6 Å². The molecule has 17 heavy (non-hydrogen) atoms. The van der Waals surface area contributed by atoms with Gasteiger partial charge in [0.2, 0.25) is 0 Å². The van der Waals surface area contributed by atoms with Crippen LogP contribution in [0.25, 0.3) is 0 Å². The lowest BCUT2D eigenvalue weighted by molar-refractivity contribution is 0.554. The van der Waals surface area contributed by atoms with Crippen LogP contribution < -0.4 is 22.1 Å². The van der Waals surface area contributed by atoms with Crippen molar-refractivity contribution in [1.82, 2.24) is 10.6 Å². The van der Waals surface area contributed by atoms with Crippen molar-refractivity contribution in [3.05, 3.63) is 0 Å². The van der Waals surface area contributed by atoms with E-state index in [0.29, 0.717) is 0 Å². The summed E-state index contributed by atoms with van der Waals surface area (Å²) in [5.41, 5.74) is 10.9. The first kappa shape index (κ1) is 16.8. The first-order valence-electron chi connectivity index (χ1n) is 7.23. The van der Waals surface area contributed by atoms with Gasteiger partial charge in [-0.2, -0.15) is 0 Å². The minimum Gasteiger partial charge on any atom is -0.330 e. The minimum absolute atomic E-state index is 0.827.